The van der Waals surface area contributed by atoms with Crippen LogP contribution in [0.5, 0.6) is 0 Å². The van der Waals surface area contributed by atoms with Gasteiger partial charge in [0.15, 0.2) is 6.29 Å². The van der Waals surface area contributed by atoms with Crippen molar-refractivity contribution in [2.24, 2.45) is 0 Å². The molecule has 0 aliphatic carbocycles. The largest absolute Gasteiger partial charge is 0.379 e. The SMILES string of the molecule is OC1CNCC(C(CCc2nnc[nH]2)Nc2cc(F)cc(F)c2)O1. The molecule has 1 fully saturated rings. The molecular formula is C15H19F2N5O2. The van der Waals surface area contributed by atoms with Gasteiger partial charge < -0.3 is 25.5 Å². The number of nitrogens with one attached hydrogen (secondary N) is 3. The van der Waals surface area contributed by atoms with E-state index in [2.05, 4.69) is 25.8 Å². The van der Waals surface area contributed by atoms with E-state index in [0.29, 0.717) is 37.4 Å². The lowest BCUT2D eigenvalue weighted by atomic mass is 10.0. The van der Waals surface area contributed by atoms with E-state index in [1.807, 2.05) is 0 Å². The Balaban J connectivity index is 1.72. The molecule has 3 rings (SSSR count). The van der Waals surface area contributed by atoms with Crippen LogP contribution in [0.1, 0.15) is 12.2 Å². The molecule has 0 spiro atoms. The number of H-pyrrole nitrogens is 1. The molecule has 7 nitrogen and oxygen atoms in total. The molecule has 0 saturated carbocycles. The van der Waals surface area contributed by atoms with Crippen LogP contribution in [0.25, 0.3) is 0 Å². The first-order chi connectivity index (χ1) is 11.6. The third-order valence-corrected chi connectivity index (χ3v) is 3.82. The van der Waals surface area contributed by atoms with E-state index in [1.54, 1.807) is 0 Å². The number of rotatable bonds is 6. The highest BCUT2D eigenvalue weighted by atomic mass is 19.1. The van der Waals surface area contributed by atoms with Crippen molar-refractivity contribution >= 4 is 5.69 Å². The Morgan fingerprint density at radius 2 is 2.08 bits per heavy atom. The Morgan fingerprint density at radius 1 is 1.29 bits per heavy atom. The Kier molecular flexibility index (Phi) is 5.34. The summed E-state index contributed by atoms with van der Waals surface area (Å²) in [5, 5.41) is 23.5. The normalized spacial score (nSPS) is 22.3. The van der Waals surface area contributed by atoms with Crippen molar-refractivity contribution in [2.75, 3.05) is 18.4 Å². The van der Waals surface area contributed by atoms with Gasteiger partial charge in [-0.1, -0.05) is 0 Å². The molecule has 24 heavy (non-hydrogen) atoms. The number of aliphatic hydroxyl groups is 1. The molecule has 2 aromatic rings. The minimum atomic E-state index is -0.914. The Labute approximate surface area is 137 Å². The highest BCUT2D eigenvalue weighted by molar-refractivity contribution is 5.45. The van der Waals surface area contributed by atoms with Gasteiger partial charge in [-0.15, -0.1) is 10.2 Å². The smallest absolute Gasteiger partial charge is 0.167 e. The second-order valence-electron chi connectivity index (χ2n) is 5.67. The van der Waals surface area contributed by atoms with E-state index in [4.69, 9.17) is 4.74 Å². The lowest BCUT2D eigenvalue weighted by Crippen LogP contribution is -2.52. The number of halogens is 2. The second-order valence-corrected chi connectivity index (χ2v) is 5.67. The Morgan fingerprint density at radius 3 is 2.75 bits per heavy atom. The maximum Gasteiger partial charge on any atom is 0.167 e. The van der Waals surface area contributed by atoms with E-state index in [9.17, 15) is 13.9 Å². The van der Waals surface area contributed by atoms with Gasteiger partial charge in [-0.3, -0.25) is 0 Å². The number of benzene rings is 1. The minimum Gasteiger partial charge on any atom is -0.379 e. The van der Waals surface area contributed by atoms with Gasteiger partial charge in [0.05, 0.1) is 12.1 Å². The fourth-order valence-corrected chi connectivity index (χ4v) is 2.73. The second kappa shape index (κ2) is 7.65. The molecule has 9 heteroatoms. The summed E-state index contributed by atoms with van der Waals surface area (Å²) >= 11 is 0. The van der Waals surface area contributed by atoms with Crippen molar-refractivity contribution in [3.63, 3.8) is 0 Å². The first-order valence-corrected chi connectivity index (χ1v) is 7.72. The van der Waals surface area contributed by atoms with Crippen LogP contribution in [0.2, 0.25) is 0 Å². The van der Waals surface area contributed by atoms with E-state index in [1.165, 1.54) is 18.5 Å². The number of aromatic amines is 1. The Bertz CT molecular complexity index is 635. The van der Waals surface area contributed by atoms with Crippen LogP contribution >= 0.6 is 0 Å². The highest BCUT2D eigenvalue weighted by Crippen LogP contribution is 2.19. The quantitative estimate of drug-likeness (QED) is 0.622. The summed E-state index contributed by atoms with van der Waals surface area (Å²) in [4.78, 5) is 2.91. The number of ether oxygens (including phenoxy) is 1. The number of hydrogen-bond donors (Lipinski definition) is 4. The minimum absolute atomic E-state index is 0.279. The van der Waals surface area contributed by atoms with E-state index < -0.39 is 17.9 Å². The summed E-state index contributed by atoms with van der Waals surface area (Å²) in [5.41, 5.74) is 0.318. The average molecular weight is 339 g/mol. The first kappa shape index (κ1) is 16.7. The molecule has 3 unspecified atom stereocenters. The van der Waals surface area contributed by atoms with Crippen LogP contribution in [0.15, 0.2) is 24.5 Å². The van der Waals surface area contributed by atoms with Crippen LogP contribution in [-0.4, -0.2) is 51.8 Å². The van der Waals surface area contributed by atoms with Gasteiger partial charge in [-0.25, -0.2) is 8.78 Å². The van der Waals surface area contributed by atoms with Crippen molar-refractivity contribution in [3.05, 3.63) is 42.0 Å². The zero-order chi connectivity index (χ0) is 16.9. The standard InChI is InChI=1S/C15H19F2N5O2/c16-9-3-10(17)5-11(4-9)21-12(1-2-14-19-8-20-22-14)13-6-18-7-15(23)24-13/h3-5,8,12-13,15,18,21,23H,1-2,6-7H2,(H,19,20,22). The summed E-state index contributed by atoms with van der Waals surface area (Å²) < 4.78 is 32.4. The van der Waals surface area contributed by atoms with Gasteiger partial charge in [-0.05, 0) is 18.6 Å². The lowest BCUT2D eigenvalue weighted by molar-refractivity contribution is -0.156. The molecule has 1 aromatic carbocycles. The fourth-order valence-electron chi connectivity index (χ4n) is 2.73. The zero-order valence-corrected chi connectivity index (χ0v) is 12.9. The molecule has 1 aliphatic rings. The molecular weight excluding hydrogens is 320 g/mol. The number of anilines is 1. The number of aromatic nitrogens is 3. The summed E-state index contributed by atoms with van der Waals surface area (Å²) in [6.07, 6.45) is 1.37. The number of aliphatic hydroxyl groups excluding tert-OH is 1. The molecule has 1 aromatic heterocycles. The Hall–Kier alpha value is -2.10. The monoisotopic (exact) mass is 339 g/mol. The molecule has 1 aliphatic heterocycles. The van der Waals surface area contributed by atoms with Crippen molar-refractivity contribution in [3.8, 4) is 0 Å². The summed E-state index contributed by atoms with van der Waals surface area (Å²) in [5.74, 6) is -0.611. The highest BCUT2D eigenvalue weighted by Gasteiger charge is 2.28. The third-order valence-electron chi connectivity index (χ3n) is 3.82. The maximum absolute atomic E-state index is 13.4. The van der Waals surface area contributed by atoms with Gasteiger partial charge >= 0.3 is 0 Å². The number of nitrogens with zero attached hydrogens (tertiary/aromatic N) is 2. The topological polar surface area (TPSA) is 95.1 Å². The third kappa shape index (κ3) is 4.47. The fraction of sp³-hybridized carbons (Fsp3) is 0.467. The summed E-state index contributed by atoms with van der Waals surface area (Å²) in [6.45, 7) is 0.864. The first-order valence-electron chi connectivity index (χ1n) is 7.72. The molecule has 130 valence electrons. The van der Waals surface area contributed by atoms with Crippen LogP contribution in [0.3, 0.4) is 0 Å². The van der Waals surface area contributed by atoms with Crippen LogP contribution < -0.4 is 10.6 Å². The molecule has 0 radical (unpaired) electrons. The summed E-state index contributed by atoms with van der Waals surface area (Å²) in [6, 6.07) is 2.98. The van der Waals surface area contributed by atoms with Gasteiger partial charge in [0.2, 0.25) is 0 Å². The van der Waals surface area contributed by atoms with Crippen molar-refractivity contribution in [1.82, 2.24) is 20.5 Å². The van der Waals surface area contributed by atoms with Crippen LogP contribution in [0, 0.1) is 11.6 Å². The number of aryl methyl sites for hydroxylation is 1. The predicted octanol–water partition coefficient (Wildman–Crippen LogP) is 0.803. The van der Waals surface area contributed by atoms with Crippen LogP contribution in [-0.2, 0) is 11.2 Å². The van der Waals surface area contributed by atoms with E-state index in [0.717, 1.165) is 6.07 Å². The zero-order valence-electron chi connectivity index (χ0n) is 12.9. The van der Waals surface area contributed by atoms with Gasteiger partial charge in [0.1, 0.15) is 23.8 Å². The van der Waals surface area contributed by atoms with Gasteiger partial charge in [0, 0.05) is 31.3 Å². The number of morpholine rings is 1. The average Bonchev–Trinajstić information content (AvgIpc) is 3.04. The van der Waals surface area contributed by atoms with Crippen molar-refractivity contribution in [1.29, 1.82) is 0 Å². The molecule has 0 bridgehead atoms. The van der Waals surface area contributed by atoms with E-state index >= 15 is 0 Å². The van der Waals surface area contributed by atoms with Crippen molar-refractivity contribution in [2.45, 2.75) is 31.3 Å². The van der Waals surface area contributed by atoms with Gasteiger partial charge in [0.25, 0.3) is 0 Å². The van der Waals surface area contributed by atoms with E-state index in [-0.39, 0.29) is 12.1 Å². The summed E-state index contributed by atoms with van der Waals surface area (Å²) in [7, 11) is 0. The lowest BCUT2D eigenvalue weighted by Gasteiger charge is -2.34. The molecule has 2 heterocycles. The van der Waals surface area contributed by atoms with Crippen LogP contribution in [0.4, 0.5) is 14.5 Å². The number of β-amino-alcohol motifs (C(OH)–C–C–N with tert-alkyl or cyclic N) is 1. The number of hydrogen-bond acceptors (Lipinski definition) is 6. The van der Waals surface area contributed by atoms with Crippen molar-refractivity contribution < 1.29 is 18.6 Å². The maximum atomic E-state index is 13.4. The molecule has 3 atom stereocenters. The molecule has 0 amide bonds. The molecule has 1 saturated heterocycles. The molecule has 4 N–H and O–H groups in total. The predicted molar refractivity (Wildman–Crippen MR) is 82.2 cm³/mol. The van der Waals surface area contributed by atoms with Gasteiger partial charge in [-0.2, -0.15) is 0 Å².